The van der Waals surface area contributed by atoms with Gasteiger partial charge in [-0.3, -0.25) is 14.4 Å². The van der Waals surface area contributed by atoms with Gasteiger partial charge in [-0.1, -0.05) is 30.3 Å². The fourth-order valence-electron chi connectivity index (χ4n) is 5.46. The molecule has 0 saturated carbocycles. The molecule has 0 aliphatic carbocycles. The summed E-state index contributed by atoms with van der Waals surface area (Å²) in [5.41, 5.74) is 2.97. The van der Waals surface area contributed by atoms with Crippen molar-refractivity contribution in [3.8, 4) is 0 Å². The van der Waals surface area contributed by atoms with Gasteiger partial charge in [0.1, 0.15) is 6.04 Å². The summed E-state index contributed by atoms with van der Waals surface area (Å²) in [5.74, 6) is -0.250. The van der Waals surface area contributed by atoms with Crippen LogP contribution in [-0.4, -0.2) is 41.1 Å². The van der Waals surface area contributed by atoms with E-state index in [9.17, 15) is 9.59 Å². The third kappa shape index (κ3) is 2.16. The summed E-state index contributed by atoms with van der Waals surface area (Å²) >= 11 is 0. The number of carbonyl (C=O) groups is 2. The Morgan fingerprint density at radius 1 is 1.32 bits per heavy atom. The largest absolute Gasteiger partial charge is 0.467 e. The fraction of sp³-hybridized carbons (Fsp3) is 0.524. The highest BCUT2D eigenvalue weighted by molar-refractivity contribution is 5.98. The van der Waals surface area contributed by atoms with E-state index in [1.54, 1.807) is 0 Å². The van der Waals surface area contributed by atoms with Gasteiger partial charge in [-0.2, -0.15) is 5.11 Å². The lowest BCUT2D eigenvalue weighted by Crippen LogP contribution is -2.42. The van der Waals surface area contributed by atoms with E-state index in [1.165, 1.54) is 7.11 Å². The summed E-state index contributed by atoms with van der Waals surface area (Å²) in [6.07, 6.45) is 4.33. The lowest BCUT2D eigenvalue weighted by molar-refractivity contribution is -0.143. The predicted octanol–water partition coefficient (Wildman–Crippen LogP) is 3.78. The summed E-state index contributed by atoms with van der Waals surface area (Å²) in [7, 11) is 1.39. The van der Waals surface area contributed by atoms with E-state index in [2.05, 4.69) is 23.3 Å². The number of methoxy groups -OCH3 is 1. The minimum absolute atomic E-state index is 0.0579. The minimum atomic E-state index is -0.704. The number of fused-ring (bicyclic) bond motifs is 5. The maximum absolute atomic E-state index is 13.0. The first-order valence-corrected chi connectivity index (χ1v) is 10.0. The average molecular weight is 380 g/mol. The molecule has 0 N–H and O–H groups in total. The standard InChI is InChI=1S/C21H24N4O3/c1-3-21-10-6-12-24-18(17(22-23-24)20(27)28-2)16-13-7-4-5-8-14(13)25(19(16)21)15(26)9-11-21/h4-5,7-8,17-18H,3,6,9-12H2,1-2H3/t17?,18?,21-/m1/s1. The Kier molecular flexibility index (Phi) is 3.82. The molecule has 1 aromatic carbocycles. The van der Waals surface area contributed by atoms with Crippen molar-refractivity contribution in [2.75, 3.05) is 13.7 Å². The number of aromatic nitrogens is 1. The van der Waals surface area contributed by atoms with Crippen LogP contribution in [0.4, 0.5) is 0 Å². The molecule has 28 heavy (non-hydrogen) atoms. The zero-order valence-electron chi connectivity index (χ0n) is 16.2. The van der Waals surface area contributed by atoms with Gasteiger partial charge in [-0.15, -0.1) is 0 Å². The Morgan fingerprint density at radius 3 is 2.93 bits per heavy atom. The van der Waals surface area contributed by atoms with Crippen molar-refractivity contribution in [1.82, 2.24) is 9.58 Å². The molecule has 0 saturated heterocycles. The lowest BCUT2D eigenvalue weighted by Gasteiger charge is -2.42. The second kappa shape index (κ2) is 6.15. The molecule has 4 heterocycles. The number of para-hydroxylation sites is 1. The quantitative estimate of drug-likeness (QED) is 0.743. The molecule has 3 atom stereocenters. The van der Waals surface area contributed by atoms with Crippen LogP contribution in [0.2, 0.25) is 0 Å². The highest BCUT2D eigenvalue weighted by atomic mass is 16.5. The monoisotopic (exact) mass is 380 g/mol. The third-order valence-corrected chi connectivity index (χ3v) is 6.85. The van der Waals surface area contributed by atoms with Gasteiger partial charge in [0, 0.05) is 35.0 Å². The summed E-state index contributed by atoms with van der Waals surface area (Å²) in [6.45, 7) is 2.96. The molecule has 2 unspecified atom stereocenters. The van der Waals surface area contributed by atoms with Crippen molar-refractivity contribution in [3.63, 3.8) is 0 Å². The number of benzene rings is 1. The smallest absolute Gasteiger partial charge is 0.335 e. The first-order chi connectivity index (χ1) is 13.6. The Bertz CT molecular complexity index is 1010. The molecule has 1 aromatic heterocycles. The first-order valence-electron chi connectivity index (χ1n) is 10.0. The molecule has 146 valence electrons. The van der Waals surface area contributed by atoms with Crippen molar-refractivity contribution in [2.24, 2.45) is 10.3 Å². The molecule has 0 radical (unpaired) electrons. The molecule has 0 amide bonds. The molecular weight excluding hydrogens is 356 g/mol. The van der Waals surface area contributed by atoms with Crippen LogP contribution in [0, 0.1) is 0 Å². The summed E-state index contributed by atoms with van der Waals surface area (Å²) < 4.78 is 6.96. The number of rotatable bonds is 2. The van der Waals surface area contributed by atoms with Crippen LogP contribution >= 0.6 is 0 Å². The van der Waals surface area contributed by atoms with E-state index in [0.717, 1.165) is 54.4 Å². The number of esters is 1. The van der Waals surface area contributed by atoms with Crippen molar-refractivity contribution in [2.45, 2.75) is 56.5 Å². The highest BCUT2D eigenvalue weighted by Gasteiger charge is 2.50. The second-order valence-corrected chi connectivity index (χ2v) is 8.03. The molecule has 7 heteroatoms. The molecule has 0 fully saturated rings. The SMILES string of the molecule is CC[C@]12CCCN3N=NC(C(=O)OC)C3c3c1n(c1ccccc31)C(=O)CC2. The Balaban J connectivity index is 1.86. The maximum Gasteiger partial charge on any atom is 0.335 e. The van der Waals surface area contributed by atoms with Crippen LogP contribution in [0.15, 0.2) is 34.6 Å². The number of hydrogen-bond acceptors (Lipinski definition) is 6. The molecule has 0 bridgehead atoms. The van der Waals surface area contributed by atoms with Gasteiger partial charge >= 0.3 is 5.97 Å². The van der Waals surface area contributed by atoms with Gasteiger partial charge in [-0.05, 0) is 31.7 Å². The van der Waals surface area contributed by atoms with Gasteiger partial charge in [0.25, 0.3) is 0 Å². The van der Waals surface area contributed by atoms with Gasteiger partial charge in [0.05, 0.1) is 12.6 Å². The van der Waals surface area contributed by atoms with E-state index in [4.69, 9.17) is 4.74 Å². The van der Waals surface area contributed by atoms with E-state index in [0.29, 0.717) is 6.42 Å². The van der Waals surface area contributed by atoms with Crippen LogP contribution in [0.5, 0.6) is 0 Å². The molecule has 0 spiro atoms. The molecule has 3 aliphatic rings. The summed E-state index contributed by atoms with van der Waals surface area (Å²) in [4.78, 5) is 25.6. The second-order valence-electron chi connectivity index (χ2n) is 8.03. The van der Waals surface area contributed by atoms with Crippen LogP contribution in [0.1, 0.15) is 61.1 Å². The zero-order valence-corrected chi connectivity index (χ0v) is 16.2. The highest BCUT2D eigenvalue weighted by Crippen LogP contribution is 2.51. The number of hydrogen-bond donors (Lipinski definition) is 0. The van der Waals surface area contributed by atoms with Crippen LogP contribution < -0.4 is 0 Å². The van der Waals surface area contributed by atoms with Gasteiger partial charge in [0.2, 0.25) is 5.91 Å². The van der Waals surface area contributed by atoms with Gasteiger partial charge in [-0.25, -0.2) is 4.79 Å². The average Bonchev–Trinajstić information content (AvgIpc) is 3.27. The number of ether oxygens (including phenoxy) is 1. The fourth-order valence-corrected chi connectivity index (χ4v) is 5.46. The minimum Gasteiger partial charge on any atom is -0.467 e. The van der Waals surface area contributed by atoms with Gasteiger partial charge in [0.15, 0.2) is 6.04 Å². The van der Waals surface area contributed by atoms with Crippen molar-refractivity contribution >= 4 is 22.8 Å². The predicted molar refractivity (Wildman–Crippen MR) is 103 cm³/mol. The van der Waals surface area contributed by atoms with Crippen molar-refractivity contribution < 1.29 is 14.3 Å². The van der Waals surface area contributed by atoms with E-state index < -0.39 is 6.04 Å². The topological polar surface area (TPSA) is 76.3 Å². The van der Waals surface area contributed by atoms with E-state index >= 15 is 0 Å². The number of nitrogens with zero attached hydrogens (tertiary/aromatic N) is 4. The van der Waals surface area contributed by atoms with Crippen LogP contribution in [0.3, 0.4) is 0 Å². The number of carbonyl (C=O) groups excluding carboxylic acids is 2. The lowest BCUT2D eigenvalue weighted by atomic mass is 9.69. The Labute approximate surface area is 163 Å². The Hall–Kier alpha value is -2.70. The van der Waals surface area contributed by atoms with E-state index in [1.807, 2.05) is 27.8 Å². The zero-order chi connectivity index (χ0) is 19.5. The normalized spacial score (nSPS) is 28.6. The molecule has 5 rings (SSSR count). The van der Waals surface area contributed by atoms with Gasteiger partial charge < -0.3 is 4.74 Å². The third-order valence-electron chi connectivity index (χ3n) is 6.85. The summed E-state index contributed by atoms with van der Waals surface area (Å²) in [5, 5.41) is 11.5. The summed E-state index contributed by atoms with van der Waals surface area (Å²) in [6, 6.07) is 6.98. The maximum atomic E-state index is 13.0. The molecular formula is C21H24N4O3. The molecule has 7 nitrogen and oxygen atoms in total. The van der Waals surface area contributed by atoms with Crippen molar-refractivity contribution in [3.05, 3.63) is 35.5 Å². The first kappa shape index (κ1) is 17.4. The Morgan fingerprint density at radius 2 is 2.14 bits per heavy atom. The van der Waals surface area contributed by atoms with Crippen LogP contribution in [-0.2, 0) is 14.9 Å². The van der Waals surface area contributed by atoms with E-state index in [-0.39, 0.29) is 23.3 Å². The van der Waals surface area contributed by atoms with Crippen molar-refractivity contribution in [1.29, 1.82) is 0 Å². The van der Waals surface area contributed by atoms with Crippen LogP contribution in [0.25, 0.3) is 10.9 Å². The molecule has 2 aromatic rings. The molecule has 3 aliphatic heterocycles.